The van der Waals surface area contributed by atoms with Crippen LogP contribution in [0, 0.1) is 0 Å². The van der Waals surface area contributed by atoms with Crippen LogP contribution in [0.15, 0.2) is 132 Å². The number of carbonyl (C=O) groups is 3. The SMILES string of the molecule is COc1ccc(/C=C(/NC(=O)c2ccccc2)C(=O)Nc2cccc(SC(C(=O)Nc3cc(C(F)(F)F)ccc3Cl)c3ccccc3)c2)c(OC)c1. The Kier molecular flexibility index (Phi) is 12.3. The maximum Gasteiger partial charge on any atom is 0.416 e. The van der Waals surface area contributed by atoms with Gasteiger partial charge in [-0.1, -0.05) is 66.2 Å². The molecule has 0 spiro atoms. The predicted octanol–water partition coefficient (Wildman–Crippen LogP) is 9.26. The van der Waals surface area contributed by atoms with Crippen LogP contribution in [-0.2, 0) is 15.8 Å². The lowest BCUT2D eigenvalue weighted by molar-refractivity contribution is -0.137. The molecule has 8 nitrogen and oxygen atoms in total. The average Bonchev–Trinajstić information content (AvgIpc) is 3.14. The zero-order valence-electron chi connectivity index (χ0n) is 27.7. The summed E-state index contributed by atoms with van der Waals surface area (Å²) in [6.45, 7) is 0. The van der Waals surface area contributed by atoms with Crippen molar-refractivity contribution in [3.05, 3.63) is 154 Å². The first-order chi connectivity index (χ1) is 24.9. The normalized spacial score (nSPS) is 12.0. The fraction of sp³-hybridized carbons (Fsp3) is 0.103. The molecule has 1 atom stereocenters. The van der Waals surface area contributed by atoms with E-state index in [2.05, 4.69) is 16.0 Å². The van der Waals surface area contributed by atoms with E-state index >= 15 is 0 Å². The second-order valence-corrected chi connectivity index (χ2v) is 12.6. The van der Waals surface area contributed by atoms with Gasteiger partial charge in [0.1, 0.15) is 22.4 Å². The van der Waals surface area contributed by atoms with Gasteiger partial charge in [0, 0.05) is 27.8 Å². The van der Waals surface area contributed by atoms with Crippen molar-refractivity contribution >= 4 is 58.5 Å². The highest BCUT2D eigenvalue weighted by Crippen LogP contribution is 2.39. The minimum atomic E-state index is -4.64. The Labute approximate surface area is 307 Å². The van der Waals surface area contributed by atoms with Crippen molar-refractivity contribution in [1.29, 1.82) is 0 Å². The number of ether oxygens (including phenoxy) is 2. The molecule has 5 aromatic rings. The van der Waals surface area contributed by atoms with Crippen LogP contribution in [-0.4, -0.2) is 31.9 Å². The smallest absolute Gasteiger partial charge is 0.416 e. The van der Waals surface area contributed by atoms with Gasteiger partial charge in [0.05, 0.1) is 30.5 Å². The molecule has 0 aliphatic heterocycles. The third-order valence-electron chi connectivity index (χ3n) is 7.51. The first-order valence-electron chi connectivity index (χ1n) is 15.6. The fourth-order valence-corrected chi connectivity index (χ4v) is 6.16. The van der Waals surface area contributed by atoms with E-state index in [1.807, 2.05) is 0 Å². The predicted molar refractivity (Wildman–Crippen MR) is 197 cm³/mol. The van der Waals surface area contributed by atoms with Crippen LogP contribution in [0.25, 0.3) is 6.08 Å². The molecular weight excluding hydrogens is 715 g/mol. The highest BCUT2D eigenvalue weighted by atomic mass is 35.5. The zero-order chi connectivity index (χ0) is 37.3. The lowest BCUT2D eigenvalue weighted by atomic mass is 10.1. The van der Waals surface area contributed by atoms with Gasteiger partial charge >= 0.3 is 6.18 Å². The van der Waals surface area contributed by atoms with Crippen molar-refractivity contribution in [2.75, 3.05) is 24.9 Å². The number of methoxy groups -OCH3 is 2. The van der Waals surface area contributed by atoms with E-state index in [1.165, 1.54) is 20.3 Å². The number of alkyl halides is 3. The molecule has 3 N–H and O–H groups in total. The number of anilines is 2. The Morgan fingerprint density at radius 2 is 1.50 bits per heavy atom. The Morgan fingerprint density at radius 3 is 2.17 bits per heavy atom. The number of rotatable bonds is 12. The first-order valence-corrected chi connectivity index (χ1v) is 16.8. The lowest BCUT2D eigenvalue weighted by Gasteiger charge is -2.19. The Bertz CT molecular complexity index is 2100. The number of amides is 3. The summed E-state index contributed by atoms with van der Waals surface area (Å²) >= 11 is 7.28. The number of hydrogen-bond acceptors (Lipinski definition) is 6. The van der Waals surface area contributed by atoms with E-state index in [9.17, 15) is 27.6 Å². The number of halogens is 4. The van der Waals surface area contributed by atoms with Gasteiger partial charge in [0.15, 0.2) is 0 Å². The number of thioether (sulfide) groups is 1. The molecule has 0 heterocycles. The molecule has 52 heavy (non-hydrogen) atoms. The summed E-state index contributed by atoms with van der Waals surface area (Å²) in [6, 6.07) is 31.4. The summed E-state index contributed by atoms with van der Waals surface area (Å²) in [6.07, 6.45) is -3.16. The van der Waals surface area contributed by atoms with E-state index in [1.54, 1.807) is 103 Å². The second kappa shape index (κ2) is 17.0. The molecule has 0 bridgehead atoms. The highest BCUT2D eigenvalue weighted by Gasteiger charge is 2.32. The molecule has 0 aliphatic rings. The number of benzene rings is 5. The van der Waals surface area contributed by atoms with Crippen molar-refractivity contribution in [3.8, 4) is 11.5 Å². The van der Waals surface area contributed by atoms with Crippen LogP contribution in [0.2, 0.25) is 5.02 Å². The molecule has 0 aliphatic carbocycles. The molecule has 0 saturated carbocycles. The van der Waals surface area contributed by atoms with Gasteiger partial charge in [-0.25, -0.2) is 0 Å². The maximum atomic E-state index is 13.8. The van der Waals surface area contributed by atoms with E-state index in [0.29, 0.717) is 38.8 Å². The van der Waals surface area contributed by atoms with Crippen molar-refractivity contribution in [3.63, 3.8) is 0 Å². The van der Waals surface area contributed by atoms with Crippen LogP contribution in [0.3, 0.4) is 0 Å². The van der Waals surface area contributed by atoms with E-state index in [0.717, 1.165) is 30.0 Å². The maximum absolute atomic E-state index is 13.8. The standard InChI is InChI=1S/C39H31ClF3N3O5S/c1-50-29-18-16-26(34(23-29)51-2)20-33(46-36(47)25-12-7-4-8-13-25)37(48)44-28-14-9-15-30(22-28)52-35(24-10-5-3-6-11-24)38(49)45-32-21-27(39(41,42)43)17-19-31(32)40/h3-23,35H,1-2H3,(H,44,48)(H,45,49)(H,46,47)/b33-20+. The third kappa shape index (κ3) is 9.74. The van der Waals surface area contributed by atoms with Crippen LogP contribution in [0.4, 0.5) is 24.5 Å². The van der Waals surface area contributed by atoms with E-state index < -0.39 is 34.7 Å². The van der Waals surface area contributed by atoms with Crippen LogP contribution in [0.1, 0.15) is 32.3 Å². The second-order valence-electron chi connectivity index (χ2n) is 11.1. The molecule has 3 amide bonds. The summed E-state index contributed by atoms with van der Waals surface area (Å²) in [4.78, 5) is 41.2. The summed E-state index contributed by atoms with van der Waals surface area (Å²) in [7, 11) is 2.98. The molecule has 5 rings (SSSR count). The third-order valence-corrected chi connectivity index (χ3v) is 9.08. The molecular formula is C39H31ClF3N3O5S. The quantitative estimate of drug-likeness (QED) is 0.0869. The van der Waals surface area contributed by atoms with Gasteiger partial charge in [0.2, 0.25) is 5.91 Å². The van der Waals surface area contributed by atoms with Crippen LogP contribution in [0.5, 0.6) is 11.5 Å². The van der Waals surface area contributed by atoms with Gasteiger partial charge in [-0.15, -0.1) is 11.8 Å². The fourth-order valence-electron chi connectivity index (χ4n) is 4.91. The Morgan fingerprint density at radius 1 is 0.788 bits per heavy atom. The van der Waals surface area contributed by atoms with E-state index in [4.69, 9.17) is 21.1 Å². The molecule has 13 heteroatoms. The monoisotopic (exact) mass is 745 g/mol. The van der Waals surface area contributed by atoms with E-state index in [-0.39, 0.29) is 16.4 Å². The van der Waals surface area contributed by atoms with Gasteiger partial charge in [-0.3, -0.25) is 14.4 Å². The molecule has 1 unspecified atom stereocenters. The molecule has 0 aromatic heterocycles. The number of nitrogens with one attached hydrogen (secondary N) is 3. The summed E-state index contributed by atoms with van der Waals surface area (Å²) in [5, 5.41) is 7.05. The van der Waals surface area contributed by atoms with Gasteiger partial charge in [-0.05, 0) is 72.3 Å². The van der Waals surface area contributed by atoms with Crippen LogP contribution >= 0.6 is 23.4 Å². The summed E-state index contributed by atoms with van der Waals surface area (Å²) in [5.74, 6) is -0.858. The lowest BCUT2D eigenvalue weighted by Crippen LogP contribution is -2.30. The van der Waals surface area contributed by atoms with Gasteiger partial charge < -0.3 is 25.4 Å². The largest absolute Gasteiger partial charge is 0.497 e. The minimum Gasteiger partial charge on any atom is -0.497 e. The Hall–Kier alpha value is -5.72. The van der Waals surface area contributed by atoms with Crippen molar-refractivity contribution in [1.82, 2.24) is 5.32 Å². The molecule has 0 saturated heterocycles. The zero-order valence-corrected chi connectivity index (χ0v) is 29.2. The Balaban J connectivity index is 1.42. The summed E-state index contributed by atoms with van der Waals surface area (Å²) < 4.78 is 51.0. The van der Waals surface area contributed by atoms with Crippen molar-refractivity contribution in [2.45, 2.75) is 16.3 Å². The van der Waals surface area contributed by atoms with Crippen LogP contribution < -0.4 is 25.4 Å². The number of carbonyl (C=O) groups excluding carboxylic acids is 3. The summed E-state index contributed by atoms with van der Waals surface area (Å²) in [5.41, 5.74) is 0.499. The topological polar surface area (TPSA) is 106 Å². The van der Waals surface area contributed by atoms with Crippen molar-refractivity contribution < 1.29 is 37.0 Å². The molecule has 5 aromatic carbocycles. The van der Waals surface area contributed by atoms with Crippen molar-refractivity contribution in [2.24, 2.45) is 0 Å². The average molecular weight is 746 g/mol. The van der Waals surface area contributed by atoms with Gasteiger partial charge in [-0.2, -0.15) is 13.2 Å². The minimum absolute atomic E-state index is 0.0571. The molecule has 266 valence electrons. The highest BCUT2D eigenvalue weighted by molar-refractivity contribution is 8.00. The van der Waals surface area contributed by atoms with Gasteiger partial charge in [0.25, 0.3) is 11.8 Å². The number of hydrogen-bond donors (Lipinski definition) is 3. The molecule has 0 radical (unpaired) electrons. The first kappa shape index (κ1) is 37.5. The molecule has 0 fully saturated rings.